The van der Waals surface area contributed by atoms with Crippen molar-refractivity contribution in [1.82, 2.24) is 29.0 Å². The Kier molecular flexibility index (Phi) is 6.83. The summed E-state index contributed by atoms with van der Waals surface area (Å²) in [6.07, 6.45) is 4.97. The van der Waals surface area contributed by atoms with Gasteiger partial charge in [-0.3, -0.25) is 18.9 Å². The first kappa shape index (κ1) is 26.5. The number of hydrogen-bond donors (Lipinski definition) is 1. The van der Waals surface area contributed by atoms with Crippen molar-refractivity contribution in [2.75, 3.05) is 7.05 Å². The van der Waals surface area contributed by atoms with Gasteiger partial charge in [-0.25, -0.2) is 9.36 Å². The predicted octanol–water partition coefficient (Wildman–Crippen LogP) is 4.68. The Labute approximate surface area is 232 Å². The highest BCUT2D eigenvalue weighted by Crippen LogP contribution is 2.42. The van der Waals surface area contributed by atoms with Crippen LogP contribution in [0.3, 0.4) is 0 Å². The van der Waals surface area contributed by atoms with Crippen LogP contribution < -0.4 is 10.3 Å². The van der Waals surface area contributed by atoms with E-state index >= 15 is 0 Å². The van der Waals surface area contributed by atoms with Crippen molar-refractivity contribution >= 4 is 16.9 Å². The quantitative estimate of drug-likeness (QED) is 0.276. The number of rotatable bonds is 8. The molecule has 1 saturated carbocycles. The molecule has 0 amide bonds. The third kappa shape index (κ3) is 4.97. The summed E-state index contributed by atoms with van der Waals surface area (Å²) in [4.78, 5) is 20.5. The second-order valence-corrected chi connectivity index (χ2v) is 11.5. The molecular weight excluding hydrogens is 539 g/mol. The first-order chi connectivity index (χ1) is 19.2. The molecule has 208 valence electrons. The van der Waals surface area contributed by atoms with E-state index in [9.17, 15) is 18.0 Å². The van der Waals surface area contributed by atoms with E-state index in [0.717, 1.165) is 46.0 Å². The molecule has 0 spiro atoms. The number of nitrogens with one attached hydrogen (secondary N) is 1. The molecule has 0 bridgehead atoms. The van der Waals surface area contributed by atoms with E-state index in [2.05, 4.69) is 15.2 Å². The van der Waals surface area contributed by atoms with Crippen LogP contribution in [-0.2, 0) is 26.3 Å². The summed E-state index contributed by atoms with van der Waals surface area (Å²) in [6, 6.07) is 8.66. The summed E-state index contributed by atoms with van der Waals surface area (Å²) in [5.74, 6) is 1.43. The molecule has 8 nitrogen and oxygen atoms in total. The maximum Gasteiger partial charge on any atom is 0.418 e. The third-order valence-corrected chi connectivity index (χ3v) is 8.47. The van der Waals surface area contributed by atoms with Crippen LogP contribution in [0.1, 0.15) is 52.6 Å². The number of imidazole rings is 1. The lowest BCUT2D eigenvalue weighted by atomic mass is 9.72. The van der Waals surface area contributed by atoms with Crippen LogP contribution >= 0.6 is 11.3 Å². The van der Waals surface area contributed by atoms with Gasteiger partial charge in [0.2, 0.25) is 5.82 Å². The van der Waals surface area contributed by atoms with E-state index in [1.807, 2.05) is 41.8 Å². The van der Waals surface area contributed by atoms with Gasteiger partial charge in [0.15, 0.2) is 0 Å². The van der Waals surface area contributed by atoms with Gasteiger partial charge in [-0.2, -0.15) is 13.2 Å². The number of alkyl halides is 3. The van der Waals surface area contributed by atoms with Crippen molar-refractivity contribution < 1.29 is 17.7 Å². The Morgan fingerprint density at radius 3 is 2.70 bits per heavy atom. The molecule has 1 N–H and O–H groups in total. The van der Waals surface area contributed by atoms with Gasteiger partial charge in [-0.05, 0) is 55.1 Å². The minimum absolute atomic E-state index is 0.0420. The summed E-state index contributed by atoms with van der Waals surface area (Å²) < 4.78 is 47.1. The summed E-state index contributed by atoms with van der Waals surface area (Å²) in [6.45, 7) is 0.789. The van der Waals surface area contributed by atoms with Crippen molar-refractivity contribution in [3.05, 3.63) is 98.6 Å². The molecule has 0 unspecified atom stereocenters. The maximum atomic E-state index is 14.2. The molecule has 0 radical (unpaired) electrons. The Hall–Kier alpha value is -3.77. The van der Waals surface area contributed by atoms with Crippen LogP contribution in [0, 0.1) is 5.92 Å². The zero-order valence-electron chi connectivity index (χ0n) is 22.1. The standard InChI is InChI=1S/C28H28F3N7OS/c1-35(14-22-11-32-17-40-22)12-18-9-23(28(29,30)31)24-15-37(27(39)38(24)13-18)21-8-4-7-20(10-21)25(19-5-3-6-19)26-34-33-16-36(26)2/h4,7-11,13,15-17,19,25H,3,5-6,12,14H2,1-2H3/p+1/t25-/m1/s1. The summed E-state index contributed by atoms with van der Waals surface area (Å²) in [5, 5.41) is 7.29. The zero-order valence-corrected chi connectivity index (χ0v) is 22.9. The Morgan fingerprint density at radius 1 is 1.23 bits per heavy atom. The zero-order chi connectivity index (χ0) is 28.0. The van der Waals surface area contributed by atoms with E-state index in [0.29, 0.717) is 23.7 Å². The van der Waals surface area contributed by atoms with Crippen LogP contribution in [0.25, 0.3) is 11.2 Å². The topological polar surface area (TPSA) is 75.1 Å². The highest BCUT2D eigenvalue weighted by Gasteiger charge is 2.36. The van der Waals surface area contributed by atoms with Gasteiger partial charge in [0.1, 0.15) is 0 Å². The number of aryl methyl sites for hydroxylation is 1. The van der Waals surface area contributed by atoms with E-state index in [-0.39, 0.29) is 18.0 Å². The molecule has 1 atom stereocenters. The average Bonchev–Trinajstić information content (AvgIpc) is 3.62. The minimum Gasteiger partial charge on any atom is -0.297 e. The van der Waals surface area contributed by atoms with E-state index < -0.39 is 17.4 Å². The summed E-state index contributed by atoms with van der Waals surface area (Å²) >= 11 is 1.49. The van der Waals surface area contributed by atoms with Crippen LogP contribution in [0.15, 0.2) is 65.6 Å². The van der Waals surface area contributed by atoms with Crippen molar-refractivity contribution in [3.8, 4) is 5.69 Å². The van der Waals surface area contributed by atoms with Gasteiger partial charge >= 0.3 is 11.9 Å². The normalized spacial score (nSPS) is 15.2. The summed E-state index contributed by atoms with van der Waals surface area (Å²) in [7, 11) is 3.76. The van der Waals surface area contributed by atoms with Crippen molar-refractivity contribution in [2.24, 2.45) is 13.0 Å². The van der Waals surface area contributed by atoms with Crippen molar-refractivity contribution in [3.63, 3.8) is 0 Å². The van der Waals surface area contributed by atoms with E-state index in [4.69, 9.17) is 0 Å². The fourth-order valence-corrected chi connectivity index (χ4v) is 6.28. The van der Waals surface area contributed by atoms with Crippen molar-refractivity contribution in [2.45, 2.75) is 44.4 Å². The first-order valence-corrected chi connectivity index (χ1v) is 14.0. The number of aromatic nitrogens is 6. The van der Waals surface area contributed by atoms with Crippen LogP contribution in [0.5, 0.6) is 0 Å². The number of H-pyrrole nitrogens is 1. The highest BCUT2D eigenvalue weighted by molar-refractivity contribution is 7.09. The number of fused-ring (bicyclic) bond motifs is 1. The lowest BCUT2D eigenvalue weighted by Gasteiger charge is -2.32. The maximum absolute atomic E-state index is 14.2. The Bertz CT molecular complexity index is 1700. The van der Waals surface area contributed by atoms with Gasteiger partial charge in [0, 0.05) is 41.7 Å². The number of thiazole rings is 1. The molecule has 4 heterocycles. The minimum atomic E-state index is -4.62. The lowest BCUT2D eigenvalue weighted by molar-refractivity contribution is -0.680. The van der Waals surface area contributed by atoms with Crippen LogP contribution in [-0.4, -0.2) is 36.1 Å². The lowest BCUT2D eigenvalue weighted by Crippen LogP contribution is -2.36. The third-order valence-electron chi connectivity index (χ3n) is 7.70. The van der Waals surface area contributed by atoms with E-state index in [1.54, 1.807) is 24.1 Å². The molecule has 1 aromatic carbocycles. The molecule has 12 heteroatoms. The van der Waals surface area contributed by atoms with E-state index in [1.165, 1.54) is 28.3 Å². The molecular formula is C28H29F3N7OS+. The van der Waals surface area contributed by atoms with Gasteiger partial charge < -0.3 is 0 Å². The number of aromatic amines is 1. The SMILES string of the molecule is CN(Cc1cc(C(F)(F)F)c2cn(-c3cccc([C@H](c4[nH]nc[n+]4C)C4CCC4)c3)c(=O)n2c1)Cc1cncs1. The number of pyridine rings is 1. The second kappa shape index (κ2) is 10.3. The molecule has 1 aliphatic carbocycles. The van der Waals surface area contributed by atoms with Crippen molar-refractivity contribution in [1.29, 1.82) is 0 Å². The fourth-order valence-electron chi connectivity index (χ4n) is 5.60. The molecule has 5 aromatic rings. The largest absolute Gasteiger partial charge is 0.418 e. The Balaban J connectivity index is 1.41. The monoisotopic (exact) mass is 568 g/mol. The van der Waals surface area contributed by atoms with Gasteiger partial charge in [-0.15, -0.1) is 16.4 Å². The molecule has 1 aliphatic rings. The highest BCUT2D eigenvalue weighted by atomic mass is 32.1. The predicted molar refractivity (Wildman–Crippen MR) is 144 cm³/mol. The number of nitrogens with zero attached hydrogens (tertiary/aromatic N) is 6. The Morgan fingerprint density at radius 2 is 2.05 bits per heavy atom. The molecule has 6 rings (SSSR count). The molecule has 0 saturated heterocycles. The number of hydrogen-bond acceptors (Lipinski definition) is 5. The number of benzene rings is 1. The second-order valence-electron chi connectivity index (χ2n) is 10.6. The smallest absolute Gasteiger partial charge is 0.297 e. The molecule has 40 heavy (non-hydrogen) atoms. The average molecular weight is 569 g/mol. The molecule has 1 fully saturated rings. The van der Waals surface area contributed by atoms with Gasteiger partial charge in [0.05, 0.1) is 35.2 Å². The fraction of sp³-hybridized carbons (Fsp3) is 0.357. The number of halogens is 3. The van der Waals surface area contributed by atoms with Gasteiger partial charge in [0.25, 0.3) is 6.33 Å². The summed E-state index contributed by atoms with van der Waals surface area (Å²) in [5.41, 5.74) is 2.08. The van der Waals surface area contributed by atoms with Crippen LogP contribution in [0.4, 0.5) is 13.2 Å². The molecule has 4 aromatic heterocycles. The molecule has 0 aliphatic heterocycles. The van der Waals surface area contributed by atoms with Gasteiger partial charge in [-0.1, -0.05) is 18.6 Å². The first-order valence-electron chi connectivity index (χ1n) is 13.1. The van der Waals surface area contributed by atoms with Crippen LogP contribution in [0.2, 0.25) is 0 Å².